The molecule has 0 aliphatic heterocycles. The molecule has 0 atom stereocenters. The van der Waals surface area contributed by atoms with Gasteiger partial charge in [0.15, 0.2) is 5.76 Å². The first-order valence-corrected chi connectivity index (χ1v) is 5.37. The Morgan fingerprint density at radius 3 is 2.89 bits per heavy atom. The average molecular weight is 247 g/mol. The lowest BCUT2D eigenvalue weighted by Gasteiger charge is -2.09. The molecular weight excluding hydrogens is 234 g/mol. The van der Waals surface area contributed by atoms with E-state index in [-0.39, 0.29) is 18.3 Å². The normalized spacial score (nSPS) is 10.1. The number of hydrogen-bond acceptors (Lipinski definition) is 4. The van der Waals surface area contributed by atoms with Crippen LogP contribution in [0.4, 0.5) is 5.69 Å². The van der Waals surface area contributed by atoms with Crippen LogP contribution in [0.25, 0.3) is 0 Å². The molecule has 2 aromatic rings. The number of hydrogen-bond donors (Lipinski definition) is 2. The van der Waals surface area contributed by atoms with Gasteiger partial charge in [0.2, 0.25) is 0 Å². The van der Waals surface area contributed by atoms with E-state index < -0.39 is 0 Å². The van der Waals surface area contributed by atoms with Crippen molar-refractivity contribution in [2.45, 2.75) is 6.61 Å². The summed E-state index contributed by atoms with van der Waals surface area (Å²) in [5, 5.41) is 11.9. The number of aliphatic hydroxyl groups is 1. The Morgan fingerprint density at radius 1 is 1.44 bits per heavy atom. The molecular formula is C13H13NO4. The van der Waals surface area contributed by atoms with E-state index in [0.717, 1.165) is 0 Å². The number of methoxy groups -OCH3 is 1. The third-order valence-electron chi connectivity index (χ3n) is 2.45. The van der Waals surface area contributed by atoms with E-state index in [9.17, 15) is 9.90 Å². The molecule has 0 spiro atoms. The fraction of sp³-hybridized carbons (Fsp3) is 0.154. The van der Waals surface area contributed by atoms with Crippen molar-refractivity contribution in [2.75, 3.05) is 12.4 Å². The van der Waals surface area contributed by atoms with Crippen LogP contribution in [-0.2, 0) is 6.61 Å². The smallest absolute Gasteiger partial charge is 0.291 e. The van der Waals surface area contributed by atoms with Crippen molar-refractivity contribution < 1.29 is 19.1 Å². The molecule has 1 aromatic heterocycles. The van der Waals surface area contributed by atoms with Crippen LogP contribution in [-0.4, -0.2) is 18.1 Å². The fourth-order valence-corrected chi connectivity index (χ4v) is 1.58. The Balaban J connectivity index is 2.17. The maximum atomic E-state index is 11.7. The molecule has 0 aliphatic rings. The van der Waals surface area contributed by atoms with Crippen LogP contribution in [0.5, 0.6) is 5.75 Å². The monoisotopic (exact) mass is 247 g/mol. The van der Waals surface area contributed by atoms with E-state index in [4.69, 9.17) is 9.15 Å². The van der Waals surface area contributed by atoms with E-state index in [1.54, 1.807) is 30.3 Å². The van der Waals surface area contributed by atoms with Crippen LogP contribution in [0.3, 0.4) is 0 Å². The number of benzene rings is 1. The summed E-state index contributed by atoms with van der Waals surface area (Å²) in [7, 11) is 1.52. The van der Waals surface area contributed by atoms with E-state index in [2.05, 4.69) is 5.32 Å². The highest BCUT2D eigenvalue weighted by atomic mass is 16.5. The number of aliphatic hydroxyl groups excluding tert-OH is 1. The summed E-state index contributed by atoms with van der Waals surface area (Å²) in [4.78, 5) is 11.7. The summed E-state index contributed by atoms with van der Waals surface area (Å²) in [6.45, 7) is -0.159. The van der Waals surface area contributed by atoms with Crippen molar-refractivity contribution in [3.05, 3.63) is 47.9 Å². The zero-order valence-electron chi connectivity index (χ0n) is 9.84. The Kier molecular flexibility index (Phi) is 3.64. The zero-order valence-corrected chi connectivity index (χ0v) is 9.84. The molecule has 0 fully saturated rings. The molecule has 1 heterocycles. The number of carbonyl (C=O) groups is 1. The quantitative estimate of drug-likeness (QED) is 0.867. The molecule has 18 heavy (non-hydrogen) atoms. The minimum atomic E-state index is -0.339. The van der Waals surface area contributed by atoms with Crippen LogP contribution in [0.2, 0.25) is 0 Å². The van der Waals surface area contributed by atoms with Crippen LogP contribution in [0.1, 0.15) is 16.1 Å². The third kappa shape index (κ3) is 2.52. The third-order valence-corrected chi connectivity index (χ3v) is 2.45. The molecule has 0 radical (unpaired) electrons. The maximum absolute atomic E-state index is 11.7. The lowest BCUT2D eigenvalue weighted by atomic mass is 10.2. The van der Waals surface area contributed by atoms with Gasteiger partial charge in [0.1, 0.15) is 5.75 Å². The molecule has 5 heteroatoms. The maximum Gasteiger partial charge on any atom is 0.291 e. The summed E-state index contributed by atoms with van der Waals surface area (Å²) < 4.78 is 10.1. The molecule has 1 amide bonds. The van der Waals surface area contributed by atoms with E-state index >= 15 is 0 Å². The summed E-state index contributed by atoms with van der Waals surface area (Å²) in [5.74, 6) is 0.471. The Labute approximate surface area is 104 Å². The number of amides is 1. The minimum Gasteiger partial charge on any atom is -0.496 e. The second kappa shape index (κ2) is 5.37. The summed E-state index contributed by atoms with van der Waals surface area (Å²) in [6.07, 6.45) is 1.43. The van der Waals surface area contributed by atoms with E-state index in [1.807, 2.05) is 0 Å². The number of carbonyl (C=O) groups excluding carboxylic acids is 1. The molecule has 0 unspecified atom stereocenters. The molecule has 1 aromatic carbocycles. The van der Waals surface area contributed by atoms with Gasteiger partial charge in [-0.05, 0) is 30.3 Å². The van der Waals surface area contributed by atoms with Gasteiger partial charge in [-0.15, -0.1) is 0 Å². The van der Waals surface area contributed by atoms with Crippen molar-refractivity contribution in [1.82, 2.24) is 0 Å². The summed E-state index contributed by atoms with van der Waals surface area (Å²) >= 11 is 0. The highest BCUT2D eigenvalue weighted by molar-refractivity contribution is 6.02. The van der Waals surface area contributed by atoms with Crippen molar-refractivity contribution >= 4 is 11.6 Å². The van der Waals surface area contributed by atoms with Crippen molar-refractivity contribution in [3.8, 4) is 5.75 Å². The van der Waals surface area contributed by atoms with Gasteiger partial charge >= 0.3 is 0 Å². The SMILES string of the molecule is COc1ccc(NC(=O)c2ccco2)cc1CO. The predicted molar refractivity (Wildman–Crippen MR) is 65.6 cm³/mol. The fourth-order valence-electron chi connectivity index (χ4n) is 1.58. The predicted octanol–water partition coefficient (Wildman–Crippen LogP) is 2.03. The van der Waals surface area contributed by atoms with Gasteiger partial charge in [0, 0.05) is 11.3 Å². The van der Waals surface area contributed by atoms with Crippen LogP contribution < -0.4 is 10.1 Å². The zero-order chi connectivity index (χ0) is 13.0. The summed E-state index contributed by atoms with van der Waals surface area (Å²) in [6, 6.07) is 8.25. The minimum absolute atomic E-state index is 0.159. The molecule has 5 nitrogen and oxygen atoms in total. The standard InChI is InChI=1S/C13H13NO4/c1-17-11-5-4-10(7-9(11)8-15)14-13(16)12-3-2-6-18-12/h2-7,15H,8H2,1H3,(H,14,16). The number of nitrogens with one attached hydrogen (secondary N) is 1. The lowest BCUT2D eigenvalue weighted by molar-refractivity contribution is 0.0996. The van der Waals surface area contributed by atoms with Gasteiger partial charge in [-0.1, -0.05) is 0 Å². The molecule has 0 saturated heterocycles. The van der Waals surface area contributed by atoms with Crippen LogP contribution in [0.15, 0.2) is 41.0 Å². The molecule has 0 aliphatic carbocycles. The number of anilines is 1. The van der Waals surface area contributed by atoms with E-state index in [0.29, 0.717) is 17.0 Å². The molecule has 0 bridgehead atoms. The molecule has 94 valence electrons. The van der Waals surface area contributed by atoms with Gasteiger partial charge in [0.25, 0.3) is 5.91 Å². The van der Waals surface area contributed by atoms with Gasteiger partial charge in [-0.2, -0.15) is 0 Å². The van der Waals surface area contributed by atoms with Gasteiger partial charge in [0.05, 0.1) is 20.0 Å². The second-order valence-corrected chi connectivity index (χ2v) is 3.62. The topological polar surface area (TPSA) is 71.7 Å². The highest BCUT2D eigenvalue weighted by Gasteiger charge is 2.10. The number of rotatable bonds is 4. The molecule has 0 saturated carbocycles. The van der Waals surface area contributed by atoms with E-state index in [1.165, 1.54) is 13.4 Å². The first-order valence-electron chi connectivity index (χ1n) is 5.37. The van der Waals surface area contributed by atoms with Crippen molar-refractivity contribution in [1.29, 1.82) is 0 Å². The van der Waals surface area contributed by atoms with Crippen molar-refractivity contribution in [3.63, 3.8) is 0 Å². The van der Waals surface area contributed by atoms with Crippen molar-refractivity contribution in [2.24, 2.45) is 0 Å². The Hall–Kier alpha value is -2.27. The Morgan fingerprint density at radius 2 is 2.28 bits per heavy atom. The van der Waals surface area contributed by atoms with Gasteiger partial charge < -0.3 is 19.6 Å². The largest absolute Gasteiger partial charge is 0.496 e. The van der Waals surface area contributed by atoms with Crippen LogP contribution >= 0.6 is 0 Å². The molecule has 2 N–H and O–H groups in total. The second-order valence-electron chi connectivity index (χ2n) is 3.62. The first kappa shape index (κ1) is 12.2. The van der Waals surface area contributed by atoms with Crippen LogP contribution in [0, 0.1) is 0 Å². The average Bonchev–Trinajstić information content (AvgIpc) is 2.92. The number of furan rings is 1. The highest BCUT2D eigenvalue weighted by Crippen LogP contribution is 2.22. The Bertz CT molecular complexity index is 534. The summed E-state index contributed by atoms with van der Waals surface area (Å²) in [5.41, 5.74) is 1.18. The number of ether oxygens (including phenoxy) is 1. The van der Waals surface area contributed by atoms with Gasteiger partial charge in [-0.25, -0.2) is 0 Å². The molecule has 2 rings (SSSR count). The van der Waals surface area contributed by atoms with Gasteiger partial charge in [-0.3, -0.25) is 4.79 Å². The first-order chi connectivity index (χ1) is 8.74. The lowest BCUT2D eigenvalue weighted by Crippen LogP contribution is -2.11.